The quantitative estimate of drug-likeness (QED) is 0.871. The highest BCUT2D eigenvalue weighted by Gasteiger charge is 2.24. The van der Waals surface area contributed by atoms with Gasteiger partial charge in [0.25, 0.3) is 0 Å². The second kappa shape index (κ2) is 6.50. The van der Waals surface area contributed by atoms with E-state index in [-0.39, 0.29) is 12.1 Å². The minimum Gasteiger partial charge on any atom is -0.493 e. The Kier molecular flexibility index (Phi) is 5.25. The lowest BCUT2D eigenvalue weighted by molar-refractivity contribution is 0.227. The summed E-state index contributed by atoms with van der Waals surface area (Å²) in [7, 11) is 3.19. The van der Waals surface area contributed by atoms with E-state index in [9.17, 15) is 4.79 Å². The van der Waals surface area contributed by atoms with Gasteiger partial charge >= 0.3 is 6.03 Å². The summed E-state index contributed by atoms with van der Waals surface area (Å²) >= 11 is 0. The van der Waals surface area contributed by atoms with E-state index in [0.717, 1.165) is 5.56 Å². The first-order valence-corrected chi connectivity index (χ1v) is 6.61. The van der Waals surface area contributed by atoms with E-state index in [1.54, 1.807) is 14.2 Å². The van der Waals surface area contributed by atoms with Crippen LogP contribution in [0.1, 0.15) is 33.3 Å². The van der Waals surface area contributed by atoms with Gasteiger partial charge in [-0.25, -0.2) is 4.79 Å². The van der Waals surface area contributed by atoms with Crippen molar-refractivity contribution in [3.63, 3.8) is 0 Å². The van der Waals surface area contributed by atoms with E-state index in [1.165, 1.54) is 0 Å². The van der Waals surface area contributed by atoms with Crippen molar-refractivity contribution in [1.82, 2.24) is 10.6 Å². The number of nitrogens with one attached hydrogen (secondary N) is 2. The molecule has 0 saturated carbocycles. The first-order valence-electron chi connectivity index (χ1n) is 6.61. The van der Waals surface area contributed by atoms with E-state index < -0.39 is 5.54 Å². The number of ether oxygens (including phenoxy) is 2. The predicted molar refractivity (Wildman–Crippen MR) is 79.4 cm³/mol. The smallest absolute Gasteiger partial charge is 0.315 e. The number of carbonyl (C=O) groups excluding carboxylic acids is 1. The molecule has 1 aromatic carbocycles. The fraction of sp³-hybridized carbons (Fsp3) is 0.533. The molecular weight excluding hydrogens is 256 g/mol. The van der Waals surface area contributed by atoms with Gasteiger partial charge in [-0.15, -0.1) is 0 Å². The highest BCUT2D eigenvalue weighted by Crippen LogP contribution is 2.31. The fourth-order valence-corrected chi connectivity index (χ4v) is 1.88. The fourth-order valence-electron chi connectivity index (χ4n) is 1.88. The van der Waals surface area contributed by atoms with Crippen LogP contribution in [0.5, 0.6) is 11.5 Å². The van der Waals surface area contributed by atoms with E-state index >= 15 is 0 Å². The van der Waals surface area contributed by atoms with Crippen LogP contribution in [0.2, 0.25) is 0 Å². The molecule has 5 nitrogen and oxygen atoms in total. The molecule has 2 N–H and O–H groups in total. The van der Waals surface area contributed by atoms with Gasteiger partial charge in [0, 0.05) is 6.04 Å². The molecule has 20 heavy (non-hydrogen) atoms. The van der Waals surface area contributed by atoms with Crippen LogP contribution in [0.4, 0.5) is 4.79 Å². The standard InChI is InChI=1S/C15H24N2O3/c1-10(2)16-14(18)17-15(3,4)11-7-8-12(19-5)13(9-11)20-6/h7-10H,1-6H3,(H2,16,17,18). The second-order valence-electron chi connectivity index (χ2n) is 5.45. The summed E-state index contributed by atoms with van der Waals surface area (Å²) in [6.07, 6.45) is 0. The van der Waals surface area contributed by atoms with Gasteiger partial charge in [-0.3, -0.25) is 0 Å². The van der Waals surface area contributed by atoms with Gasteiger partial charge in [0.05, 0.1) is 19.8 Å². The van der Waals surface area contributed by atoms with Gasteiger partial charge in [0.15, 0.2) is 11.5 Å². The third kappa shape index (κ3) is 4.05. The number of methoxy groups -OCH3 is 2. The van der Waals surface area contributed by atoms with Gasteiger partial charge in [0.2, 0.25) is 0 Å². The number of urea groups is 1. The molecule has 0 unspecified atom stereocenters. The molecule has 112 valence electrons. The normalized spacial score (nSPS) is 11.2. The first-order chi connectivity index (χ1) is 9.30. The summed E-state index contributed by atoms with van der Waals surface area (Å²) in [6, 6.07) is 5.51. The molecule has 0 saturated heterocycles. The zero-order chi connectivity index (χ0) is 15.3. The largest absolute Gasteiger partial charge is 0.493 e. The summed E-state index contributed by atoms with van der Waals surface area (Å²) < 4.78 is 10.5. The molecule has 1 rings (SSSR count). The van der Waals surface area contributed by atoms with Crippen molar-refractivity contribution in [1.29, 1.82) is 0 Å². The lowest BCUT2D eigenvalue weighted by Gasteiger charge is -2.28. The van der Waals surface area contributed by atoms with E-state index in [4.69, 9.17) is 9.47 Å². The second-order valence-corrected chi connectivity index (χ2v) is 5.45. The Hall–Kier alpha value is -1.91. The summed E-state index contributed by atoms with van der Waals surface area (Å²) in [5.41, 5.74) is 0.424. The maximum atomic E-state index is 11.8. The Morgan fingerprint density at radius 1 is 1.15 bits per heavy atom. The molecule has 0 radical (unpaired) electrons. The zero-order valence-corrected chi connectivity index (χ0v) is 13.0. The summed E-state index contributed by atoms with van der Waals surface area (Å²) in [5, 5.41) is 5.76. The first kappa shape index (κ1) is 16.1. The van der Waals surface area contributed by atoms with E-state index in [0.29, 0.717) is 11.5 Å². The van der Waals surface area contributed by atoms with Gasteiger partial charge in [-0.2, -0.15) is 0 Å². The molecule has 5 heteroatoms. The third-order valence-electron chi connectivity index (χ3n) is 2.95. The van der Waals surface area contributed by atoms with Gasteiger partial charge in [0.1, 0.15) is 0 Å². The molecule has 0 spiro atoms. The van der Waals surface area contributed by atoms with Crippen LogP contribution in [0.15, 0.2) is 18.2 Å². The Morgan fingerprint density at radius 3 is 2.25 bits per heavy atom. The topological polar surface area (TPSA) is 59.6 Å². The molecule has 0 fully saturated rings. The van der Waals surface area contributed by atoms with Crippen molar-refractivity contribution in [3.8, 4) is 11.5 Å². The van der Waals surface area contributed by atoms with Crippen LogP contribution < -0.4 is 20.1 Å². The molecule has 0 bridgehead atoms. The lowest BCUT2D eigenvalue weighted by Crippen LogP contribution is -2.48. The Balaban J connectivity index is 2.94. The monoisotopic (exact) mass is 280 g/mol. The lowest BCUT2D eigenvalue weighted by atomic mass is 9.94. The summed E-state index contributed by atoms with van der Waals surface area (Å²) in [6.45, 7) is 7.72. The molecule has 0 aromatic heterocycles. The maximum Gasteiger partial charge on any atom is 0.315 e. The average Bonchev–Trinajstić information content (AvgIpc) is 2.36. The molecule has 0 aliphatic carbocycles. The number of hydrogen-bond donors (Lipinski definition) is 2. The van der Waals surface area contributed by atoms with Gasteiger partial charge < -0.3 is 20.1 Å². The summed E-state index contributed by atoms with van der Waals surface area (Å²) in [5.74, 6) is 1.31. The summed E-state index contributed by atoms with van der Waals surface area (Å²) in [4.78, 5) is 11.8. The molecule has 1 aromatic rings. The minimum atomic E-state index is -0.515. The maximum absolute atomic E-state index is 11.8. The molecule has 0 aliphatic heterocycles. The predicted octanol–water partition coefficient (Wildman–Crippen LogP) is 2.65. The van der Waals surface area contributed by atoms with Crippen molar-refractivity contribution in [2.24, 2.45) is 0 Å². The number of benzene rings is 1. The number of rotatable bonds is 5. The van der Waals surface area contributed by atoms with Crippen molar-refractivity contribution >= 4 is 6.03 Å². The van der Waals surface area contributed by atoms with Crippen molar-refractivity contribution in [3.05, 3.63) is 23.8 Å². The third-order valence-corrected chi connectivity index (χ3v) is 2.95. The SMILES string of the molecule is COc1ccc(C(C)(C)NC(=O)NC(C)C)cc1OC. The number of hydrogen-bond acceptors (Lipinski definition) is 3. The van der Waals surface area contributed by atoms with E-state index in [2.05, 4.69) is 10.6 Å². The Bertz CT molecular complexity index is 470. The Labute approximate surface area is 120 Å². The average molecular weight is 280 g/mol. The van der Waals surface area contributed by atoms with Crippen molar-refractivity contribution in [2.45, 2.75) is 39.3 Å². The van der Waals surface area contributed by atoms with Crippen LogP contribution in [-0.4, -0.2) is 26.3 Å². The van der Waals surface area contributed by atoms with Crippen LogP contribution in [-0.2, 0) is 5.54 Å². The van der Waals surface area contributed by atoms with E-state index in [1.807, 2.05) is 45.9 Å². The number of carbonyl (C=O) groups is 1. The van der Waals surface area contributed by atoms with Crippen LogP contribution >= 0.6 is 0 Å². The highest BCUT2D eigenvalue weighted by molar-refractivity contribution is 5.75. The molecular formula is C15H24N2O3. The van der Waals surface area contributed by atoms with Crippen molar-refractivity contribution in [2.75, 3.05) is 14.2 Å². The molecule has 0 aliphatic rings. The van der Waals surface area contributed by atoms with Gasteiger partial charge in [-0.1, -0.05) is 6.07 Å². The van der Waals surface area contributed by atoms with Crippen LogP contribution in [0.25, 0.3) is 0 Å². The molecule has 2 amide bonds. The van der Waals surface area contributed by atoms with Crippen LogP contribution in [0.3, 0.4) is 0 Å². The zero-order valence-electron chi connectivity index (χ0n) is 13.0. The van der Waals surface area contributed by atoms with Crippen molar-refractivity contribution < 1.29 is 14.3 Å². The highest BCUT2D eigenvalue weighted by atomic mass is 16.5. The minimum absolute atomic E-state index is 0.0937. The van der Waals surface area contributed by atoms with Crippen LogP contribution in [0, 0.1) is 0 Å². The Morgan fingerprint density at radius 2 is 1.75 bits per heavy atom. The van der Waals surface area contributed by atoms with Gasteiger partial charge in [-0.05, 0) is 45.4 Å². The number of amides is 2. The molecule has 0 atom stereocenters. The molecule has 0 heterocycles.